The van der Waals surface area contributed by atoms with E-state index >= 15 is 0 Å². The maximum Gasteiger partial charge on any atom is 0.471 e. The van der Waals surface area contributed by atoms with Crippen molar-refractivity contribution >= 4 is 6.09 Å². The van der Waals surface area contributed by atoms with Crippen molar-refractivity contribution in [3.05, 3.63) is 65.3 Å². The summed E-state index contributed by atoms with van der Waals surface area (Å²) in [5.41, 5.74) is 2.85. The van der Waals surface area contributed by atoms with Crippen LogP contribution < -0.4 is 5.32 Å². The Morgan fingerprint density at radius 3 is 2.61 bits per heavy atom. The Hall–Kier alpha value is -3.43. The molecule has 0 atom stereocenters. The Balaban J connectivity index is 1.52. The number of amides is 1. The summed E-state index contributed by atoms with van der Waals surface area (Å²) in [7, 11) is 0. The molecule has 2 heterocycles. The summed E-state index contributed by atoms with van der Waals surface area (Å²) in [6, 6.07) is 8.15. The van der Waals surface area contributed by atoms with E-state index in [2.05, 4.69) is 25.0 Å². The van der Waals surface area contributed by atoms with Gasteiger partial charge in [0.15, 0.2) is 0 Å². The number of hydrogen-bond acceptors (Lipinski definition) is 6. The van der Waals surface area contributed by atoms with Crippen molar-refractivity contribution in [2.45, 2.75) is 26.3 Å². The second-order valence-electron chi connectivity index (χ2n) is 5.85. The molecule has 0 spiro atoms. The van der Waals surface area contributed by atoms with Gasteiger partial charge in [-0.2, -0.15) is 18.2 Å². The molecule has 0 fully saturated rings. The van der Waals surface area contributed by atoms with Gasteiger partial charge in [0.2, 0.25) is 5.82 Å². The number of carbonyl (C=O) groups excluding carboxylic acids is 1. The molecule has 1 N–H and O–H groups in total. The van der Waals surface area contributed by atoms with Gasteiger partial charge in [0, 0.05) is 30.1 Å². The molecule has 0 aliphatic heterocycles. The summed E-state index contributed by atoms with van der Waals surface area (Å²) >= 11 is 0. The number of ether oxygens (including phenoxy) is 1. The molecule has 7 nitrogen and oxygen atoms in total. The molecule has 28 heavy (non-hydrogen) atoms. The number of aromatic nitrogens is 3. The minimum Gasteiger partial charge on any atom is -0.445 e. The van der Waals surface area contributed by atoms with Gasteiger partial charge >= 0.3 is 18.2 Å². The van der Waals surface area contributed by atoms with Crippen LogP contribution in [0.15, 0.2) is 47.2 Å². The molecule has 1 amide bonds. The molecule has 0 radical (unpaired) electrons. The number of aryl methyl sites for hydroxylation is 1. The number of rotatable bonds is 5. The van der Waals surface area contributed by atoms with Crippen molar-refractivity contribution in [3.8, 4) is 11.4 Å². The van der Waals surface area contributed by atoms with E-state index in [-0.39, 0.29) is 19.0 Å². The minimum atomic E-state index is -4.69. The molecule has 2 aromatic heterocycles. The van der Waals surface area contributed by atoms with Gasteiger partial charge in [0.25, 0.3) is 0 Å². The van der Waals surface area contributed by atoms with E-state index in [9.17, 15) is 18.0 Å². The number of carbonyl (C=O) groups is 1. The van der Waals surface area contributed by atoms with Crippen LogP contribution in [0.1, 0.15) is 22.6 Å². The highest BCUT2D eigenvalue weighted by atomic mass is 19.4. The summed E-state index contributed by atoms with van der Waals surface area (Å²) < 4.78 is 46.8. The van der Waals surface area contributed by atoms with E-state index in [1.165, 1.54) is 12.1 Å². The molecule has 3 aromatic rings. The lowest BCUT2D eigenvalue weighted by Gasteiger charge is -2.08. The number of nitrogens with one attached hydrogen (secondary N) is 1. The van der Waals surface area contributed by atoms with Crippen molar-refractivity contribution in [1.82, 2.24) is 20.4 Å². The van der Waals surface area contributed by atoms with Crippen LogP contribution in [0.25, 0.3) is 11.4 Å². The predicted molar refractivity (Wildman–Crippen MR) is 90.7 cm³/mol. The Kier molecular flexibility index (Phi) is 5.57. The molecule has 3 rings (SSSR count). The second kappa shape index (κ2) is 8.07. The van der Waals surface area contributed by atoms with Crippen LogP contribution in [0.5, 0.6) is 0 Å². The highest BCUT2D eigenvalue weighted by Gasteiger charge is 2.38. The lowest BCUT2D eigenvalue weighted by atomic mass is 10.1. The van der Waals surface area contributed by atoms with Crippen LogP contribution in [-0.2, 0) is 24.1 Å². The fourth-order valence-corrected chi connectivity index (χ4v) is 2.24. The molecular formula is C18H15F3N4O3. The fourth-order valence-electron chi connectivity index (χ4n) is 2.24. The van der Waals surface area contributed by atoms with E-state index in [1.54, 1.807) is 24.5 Å². The molecule has 1 aromatic carbocycles. The Bertz CT molecular complexity index is 955. The van der Waals surface area contributed by atoms with Crippen LogP contribution in [0.4, 0.5) is 18.0 Å². The Morgan fingerprint density at radius 2 is 1.96 bits per heavy atom. The zero-order valence-corrected chi connectivity index (χ0v) is 14.7. The van der Waals surface area contributed by atoms with E-state index < -0.39 is 18.2 Å². The van der Waals surface area contributed by atoms with Crippen LogP contribution in [-0.4, -0.2) is 21.2 Å². The Labute approximate surface area is 157 Å². The molecule has 0 unspecified atom stereocenters. The van der Waals surface area contributed by atoms with Crippen molar-refractivity contribution in [2.75, 3.05) is 0 Å². The molecule has 0 bridgehead atoms. The lowest BCUT2D eigenvalue weighted by molar-refractivity contribution is -0.159. The Morgan fingerprint density at radius 1 is 1.21 bits per heavy atom. The molecule has 0 aliphatic carbocycles. The largest absolute Gasteiger partial charge is 0.471 e. The topological polar surface area (TPSA) is 90.1 Å². The maximum atomic E-state index is 12.5. The van der Waals surface area contributed by atoms with Gasteiger partial charge in [-0.15, -0.1) is 0 Å². The average molecular weight is 392 g/mol. The number of alkyl halides is 3. The third-order valence-corrected chi connectivity index (χ3v) is 3.82. The van der Waals surface area contributed by atoms with Crippen molar-refractivity contribution < 1.29 is 27.2 Å². The van der Waals surface area contributed by atoms with Crippen LogP contribution >= 0.6 is 0 Å². The van der Waals surface area contributed by atoms with Gasteiger partial charge < -0.3 is 14.6 Å². The SMILES string of the molecule is Cc1ccncc1COC(=O)NCc1ccc(-c2noc(C(F)(F)F)n2)cc1. The molecule has 10 heteroatoms. The van der Waals surface area contributed by atoms with Crippen molar-refractivity contribution in [1.29, 1.82) is 0 Å². The van der Waals surface area contributed by atoms with Crippen LogP contribution in [0.2, 0.25) is 0 Å². The van der Waals surface area contributed by atoms with Crippen molar-refractivity contribution in [2.24, 2.45) is 0 Å². The van der Waals surface area contributed by atoms with Gasteiger partial charge in [0.05, 0.1) is 0 Å². The fraction of sp³-hybridized carbons (Fsp3) is 0.222. The normalized spacial score (nSPS) is 11.3. The van der Waals surface area contributed by atoms with Gasteiger partial charge in [-0.05, 0) is 24.1 Å². The zero-order valence-electron chi connectivity index (χ0n) is 14.7. The van der Waals surface area contributed by atoms with E-state index in [0.29, 0.717) is 5.56 Å². The zero-order chi connectivity index (χ0) is 20.1. The third-order valence-electron chi connectivity index (χ3n) is 3.82. The lowest BCUT2D eigenvalue weighted by Crippen LogP contribution is -2.23. The van der Waals surface area contributed by atoms with Gasteiger partial charge in [-0.3, -0.25) is 4.98 Å². The molecule has 0 saturated carbocycles. The van der Waals surface area contributed by atoms with Crippen LogP contribution in [0, 0.1) is 6.92 Å². The highest BCUT2D eigenvalue weighted by Crippen LogP contribution is 2.29. The third kappa shape index (κ3) is 4.84. The first-order valence-corrected chi connectivity index (χ1v) is 8.13. The van der Waals surface area contributed by atoms with E-state index in [4.69, 9.17) is 4.74 Å². The highest BCUT2D eigenvalue weighted by molar-refractivity contribution is 5.67. The average Bonchev–Trinajstić information content (AvgIpc) is 3.17. The number of alkyl carbamates (subject to hydrolysis) is 1. The number of pyridine rings is 1. The predicted octanol–water partition coefficient (Wildman–Crippen LogP) is 3.89. The number of hydrogen-bond donors (Lipinski definition) is 1. The molecule has 0 saturated heterocycles. The summed E-state index contributed by atoms with van der Waals surface area (Å²) in [5.74, 6) is -1.57. The standard InChI is InChI=1S/C18H15F3N4O3/c1-11-6-7-22-9-14(11)10-27-17(26)23-8-12-2-4-13(5-3-12)15-24-16(28-25-15)18(19,20)21/h2-7,9H,8,10H2,1H3,(H,23,26). The summed E-state index contributed by atoms with van der Waals surface area (Å²) in [5, 5.41) is 5.91. The summed E-state index contributed by atoms with van der Waals surface area (Å²) in [6.07, 6.45) is -2.01. The summed E-state index contributed by atoms with van der Waals surface area (Å²) in [4.78, 5) is 19.1. The van der Waals surface area contributed by atoms with Gasteiger partial charge in [-0.25, -0.2) is 4.79 Å². The van der Waals surface area contributed by atoms with E-state index in [0.717, 1.165) is 16.7 Å². The van der Waals surface area contributed by atoms with Gasteiger partial charge in [-0.1, -0.05) is 29.4 Å². The van der Waals surface area contributed by atoms with E-state index in [1.807, 2.05) is 13.0 Å². The quantitative estimate of drug-likeness (QED) is 0.709. The van der Waals surface area contributed by atoms with Crippen molar-refractivity contribution in [3.63, 3.8) is 0 Å². The minimum absolute atomic E-state index is 0.101. The maximum absolute atomic E-state index is 12.5. The number of halogens is 3. The first-order valence-electron chi connectivity index (χ1n) is 8.13. The molecule has 146 valence electrons. The van der Waals surface area contributed by atoms with Gasteiger partial charge in [0.1, 0.15) is 6.61 Å². The van der Waals surface area contributed by atoms with Crippen LogP contribution in [0.3, 0.4) is 0 Å². The monoisotopic (exact) mass is 392 g/mol. The second-order valence-corrected chi connectivity index (χ2v) is 5.85. The summed E-state index contributed by atoms with van der Waals surface area (Å²) in [6.45, 7) is 2.18. The molecule has 0 aliphatic rings. The smallest absolute Gasteiger partial charge is 0.445 e. The molecular weight excluding hydrogens is 377 g/mol. The first kappa shape index (κ1) is 19.3. The number of nitrogens with zero attached hydrogens (tertiary/aromatic N) is 3. The first-order chi connectivity index (χ1) is 13.3. The number of benzene rings is 1.